The summed E-state index contributed by atoms with van der Waals surface area (Å²) in [5, 5.41) is 4.39. The number of methoxy groups -OCH3 is 1. The third-order valence-corrected chi connectivity index (χ3v) is 6.65. The first-order chi connectivity index (χ1) is 15.6. The number of hydrogen-bond acceptors (Lipinski definition) is 4. The number of H-pyrrole nitrogens is 1. The maximum Gasteiger partial charge on any atom is 0.407 e. The molecule has 0 spiro atoms. The van der Waals surface area contributed by atoms with Gasteiger partial charge in [-0.3, -0.25) is 0 Å². The zero-order chi connectivity index (χ0) is 24.2. The number of ether oxygens (including phenoxy) is 3. The van der Waals surface area contributed by atoms with Gasteiger partial charge in [-0.25, -0.2) is 4.79 Å². The van der Waals surface area contributed by atoms with Crippen molar-refractivity contribution >= 4 is 17.0 Å². The Morgan fingerprint density at radius 2 is 2.00 bits per heavy atom. The molecule has 184 valence electrons. The Kier molecular flexibility index (Phi) is 8.46. The summed E-state index contributed by atoms with van der Waals surface area (Å²) in [6, 6.07) is 6.73. The standard InChI is InChI=1S/C27H42N2O4/c1-17(2)21(14-24(25-16-32-25)29-26(30)33-27(4,5)6)18(3)19-10-11-23-22(13-19)20(15-28-23)9-8-12-31-7/h10-11,13,15,17-18,21,24-25,28H,8-9,12,14,16H2,1-7H3,(H,29,30). The maximum absolute atomic E-state index is 12.5. The molecule has 6 nitrogen and oxygen atoms in total. The van der Waals surface area contributed by atoms with E-state index < -0.39 is 5.60 Å². The van der Waals surface area contributed by atoms with Gasteiger partial charge in [-0.2, -0.15) is 0 Å². The molecule has 33 heavy (non-hydrogen) atoms. The second-order valence-corrected chi connectivity index (χ2v) is 10.8. The lowest BCUT2D eigenvalue weighted by Crippen LogP contribution is -2.44. The van der Waals surface area contributed by atoms with Crippen molar-refractivity contribution in [3.8, 4) is 0 Å². The number of nitrogens with one attached hydrogen (secondary N) is 2. The highest BCUT2D eigenvalue weighted by molar-refractivity contribution is 5.84. The third kappa shape index (κ3) is 7.21. The topological polar surface area (TPSA) is 75.9 Å². The average molecular weight is 459 g/mol. The highest BCUT2D eigenvalue weighted by Crippen LogP contribution is 2.37. The Bertz CT molecular complexity index is 910. The molecule has 1 fully saturated rings. The molecular formula is C27H42N2O4. The number of amides is 1. The van der Waals surface area contributed by atoms with Gasteiger partial charge in [-0.05, 0) is 81.0 Å². The molecule has 1 aromatic carbocycles. The van der Waals surface area contributed by atoms with E-state index in [0.29, 0.717) is 24.4 Å². The van der Waals surface area contributed by atoms with E-state index in [1.54, 1.807) is 7.11 Å². The van der Waals surface area contributed by atoms with Crippen LogP contribution in [0.15, 0.2) is 24.4 Å². The summed E-state index contributed by atoms with van der Waals surface area (Å²) >= 11 is 0. The normalized spacial score (nSPS) is 18.8. The number of epoxide rings is 1. The van der Waals surface area contributed by atoms with Crippen molar-refractivity contribution in [1.82, 2.24) is 10.3 Å². The van der Waals surface area contributed by atoms with Crippen LogP contribution in [0, 0.1) is 11.8 Å². The average Bonchev–Trinajstić information content (AvgIpc) is 3.50. The summed E-state index contributed by atoms with van der Waals surface area (Å²) in [5.41, 5.74) is 3.33. The second-order valence-electron chi connectivity index (χ2n) is 10.8. The zero-order valence-corrected chi connectivity index (χ0v) is 21.4. The lowest BCUT2D eigenvalue weighted by Gasteiger charge is -2.32. The van der Waals surface area contributed by atoms with Gasteiger partial charge in [0.15, 0.2) is 0 Å². The molecule has 1 aliphatic heterocycles. The Morgan fingerprint density at radius 3 is 2.61 bits per heavy atom. The molecule has 4 unspecified atom stereocenters. The van der Waals surface area contributed by atoms with Crippen molar-refractivity contribution in [3.05, 3.63) is 35.5 Å². The van der Waals surface area contributed by atoms with Crippen molar-refractivity contribution in [2.45, 2.75) is 84.5 Å². The van der Waals surface area contributed by atoms with Crippen molar-refractivity contribution < 1.29 is 19.0 Å². The quantitative estimate of drug-likeness (QED) is 0.329. The van der Waals surface area contributed by atoms with Crippen LogP contribution in [0.1, 0.15) is 71.4 Å². The Hall–Kier alpha value is -2.05. The molecule has 0 saturated carbocycles. The Balaban J connectivity index is 1.76. The fraction of sp³-hybridized carbons (Fsp3) is 0.667. The molecule has 1 amide bonds. The van der Waals surface area contributed by atoms with Crippen LogP contribution in [-0.2, 0) is 20.6 Å². The molecule has 6 heteroatoms. The van der Waals surface area contributed by atoms with E-state index in [2.05, 4.69) is 55.5 Å². The van der Waals surface area contributed by atoms with Crippen LogP contribution in [0.3, 0.4) is 0 Å². The number of carbonyl (C=O) groups excluding carboxylic acids is 1. The molecule has 3 rings (SSSR count). The number of hydrogen-bond donors (Lipinski definition) is 2. The SMILES string of the molecule is COCCCc1c[nH]c2ccc(C(C)C(CC(NC(=O)OC(C)(C)C)C3CO3)C(C)C)cc12. The first-order valence-electron chi connectivity index (χ1n) is 12.3. The summed E-state index contributed by atoms with van der Waals surface area (Å²) in [6.07, 6.45) is 4.70. The number of fused-ring (bicyclic) bond motifs is 1. The Labute approximate surface area is 198 Å². The third-order valence-electron chi connectivity index (χ3n) is 6.65. The molecule has 4 atom stereocenters. The van der Waals surface area contributed by atoms with E-state index in [1.807, 2.05) is 20.8 Å². The number of aromatic amines is 1. The number of rotatable bonds is 11. The van der Waals surface area contributed by atoms with E-state index >= 15 is 0 Å². The number of carbonyl (C=O) groups is 1. The molecule has 2 aromatic rings. The van der Waals surface area contributed by atoms with E-state index in [4.69, 9.17) is 14.2 Å². The van der Waals surface area contributed by atoms with Crippen LogP contribution < -0.4 is 5.32 Å². The van der Waals surface area contributed by atoms with Crippen LogP contribution in [0.4, 0.5) is 4.79 Å². The fourth-order valence-corrected chi connectivity index (χ4v) is 4.74. The number of benzene rings is 1. The van der Waals surface area contributed by atoms with E-state index in [1.165, 1.54) is 22.0 Å². The van der Waals surface area contributed by atoms with Crippen LogP contribution in [0.25, 0.3) is 10.9 Å². The summed E-state index contributed by atoms with van der Waals surface area (Å²) in [6.45, 7) is 14.0. The molecular weight excluding hydrogens is 416 g/mol. The monoisotopic (exact) mass is 458 g/mol. The molecule has 0 radical (unpaired) electrons. The van der Waals surface area contributed by atoms with Gasteiger partial charge in [-0.15, -0.1) is 0 Å². The van der Waals surface area contributed by atoms with Crippen LogP contribution in [-0.4, -0.2) is 49.1 Å². The van der Waals surface area contributed by atoms with E-state index in [9.17, 15) is 4.79 Å². The predicted octanol–water partition coefficient (Wildman–Crippen LogP) is 5.80. The van der Waals surface area contributed by atoms with Crippen LogP contribution in [0.5, 0.6) is 0 Å². The first-order valence-corrected chi connectivity index (χ1v) is 12.3. The van der Waals surface area contributed by atoms with Crippen molar-refractivity contribution in [2.75, 3.05) is 20.3 Å². The minimum Gasteiger partial charge on any atom is -0.444 e. The van der Waals surface area contributed by atoms with Gasteiger partial charge < -0.3 is 24.5 Å². The van der Waals surface area contributed by atoms with Gasteiger partial charge >= 0.3 is 6.09 Å². The fourth-order valence-electron chi connectivity index (χ4n) is 4.74. The molecule has 0 bridgehead atoms. The summed E-state index contributed by atoms with van der Waals surface area (Å²) in [4.78, 5) is 15.9. The van der Waals surface area contributed by atoms with E-state index in [-0.39, 0.29) is 18.2 Å². The highest BCUT2D eigenvalue weighted by Gasteiger charge is 2.38. The molecule has 2 N–H and O–H groups in total. The zero-order valence-electron chi connectivity index (χ0n) is 21.4. The van der Waals surface area contributed by atoms with Crippen LogP contribution in [0.2, 0.25) is 0 Å². The number of aryl methyl sites for hydroxylation is 1. The Morgan fingerprint density at radius 1 is 1.27 bits per heavy atom. The number of aromatic nitrogens is 1. The first kappa shape index (κ1) is 25.6. The van der Waals surface area contributed by atoms with Gasteiger partial charge in [0.05, 0.1) is 12.6 Å². The molecule has 1 saturated heterocycles. The maximum atomic E-state index is 12.5. The van der Waals surface area contributed by atoms with Crippen molar-refractivity contribution in [3.63, 3.8) is 0 Å². The summed E-state index contributed by atoms with van der Waals surface area (Å²) < 4.78 is 16.3. The van der Waals surface area contributed by atoms with Gasteiger partial charge in [0.25, 0.3) is 0 Å². The van der Waals surface area contributed by atoms with Crippen LogP contribution >= 0.6 is 0 Å². The minimum atomic E-state index is -0.517. The predicted molar refractivity (Wildman–Crippen MR) is 133 cm³/mol. The lowest BCUT2D eigenvalue weighted by molar-refractivity contribution is 0.0481. The molecule has 2 heterocycles. The van der Waals surface area contributed by atoms with Gasteiger partial charge in [-0.1, -0.05) is 26.8 Å². The molecule has 1 aliphatic rings. The summed E-state index contributed by atoms with van der Waals surface area (Å²) in [5.74, 6) is 1.20. The largest absolute Gasteiger partial charge is 0.444 e. The van der Waals surface area contributed by atoms with E-state index in [0.717, 1.165) is 25.9 Å². The van der Waals surface area contributed by atoms with Crippen molar-refractivity contribution in [1.29, 1.82) is 0 Å². The molecule has 0 aliphatic carbocycles. The van der Waals surface area contributed by atoms with Gasteiger partial charge in [0.1, 0.15) is 11.7 Å². The lowest BCUT2D eigenvalue weighted by atomic mass is 9.76. The van der Waals surface area contributed by atoms with Gasteiger partial charge in [0, 0.05) is 30.8 Å². The van der Waals surface area contributed by atoms with Gasteiger partial charge in [0.2, 0.25) is 0 Å². The number of alkyl carbamates (subject to hydrolysis) is 1. The minimum absolute atomic E-state index is 0.0460. The van der Waals surface area contributed by atoms with Crippen molar-refractivity contribution in [2.24, 2.45) is 11.8 Å². The smallest absolute Gasteiger partial charge is 0.407 e. The highest BCUT2D eigenvalue weighted by atomic mass is 16.6. The second kappa shape index (κ2) is 10.9. The summed E-state index contributed by atoms with van der Waals surface area (Å²) in [7, 11) is 1.75. The molecule has 1 aromatic heterocycles.